The van der Waals surface area contributed by atoms with Gasteiger partial charge < -0.3 is 14.5 Å². The number of ether oxygens (including phenoxy) is 1. The van der Waals surface area contributed by atoms with Gasteiger partial charge in [0.05, 0.1) is 23.4 Å². The Morgan fingerprint density at radius 2 is 1.76 bits per heavy atom. The topological polar surface area (TPSA) is 91.8 Å². The highest BCUT2D eigenvalue weighted by Gasteiger charge is 2.27. The van der Waals surface area contributed by atoms with Crippen molar-refractivity contribution in [3.8, 4) is 5.75 Å². The van der Waals surface area contributed by atoms with Crippen LogP contribution >= 0.6 is 22.9 Å². The van der Waals surface area contributed by atoms with Gasteiger partial charge in [-0.05, 0) is 43.3 Å². The summed E-state index contributed by atoms with van der Waals surface area (Å²) >= 11 is 6.87. The largest absolute Gasteiger partial charge is 0.495 e. The smallest absolute Gasteiger partial charge is 0.266 e. The van der Waals surface area contributed by atoms with Gasteiger partial charge in [0.15, 0.2) is 5.13 Å². The summed E-state index contributed by atoms with van der Waals surface area (Å²) in [6.07, 6.45) is 0. The molecule has 1 aromatic heterocycles. The maximum absolute atomic E-state index is 13.1. The lowest BCUT2D eigenvalue weighted by Crippen LogP contribution is -2.48. The zero-order valence-corrected chi connectivity index (χ0v) is 20.5. The van der Waals surface area contributed by atoms with Crippen LogP contribution in [0.2, 0.25) is 5.02 Å². The van der Waals surface area contributed by atoms with Crippen LogP contribution in [0.25, 0.3) is 0 Å². The maximum Gasteiger partial charge on any atom is 0.266 e. The molecule has 0 atom stereocenters. The number of aryl methyl sites for hydroxylation is 1. The van der Waals surface area contributed by atoms with E-state index in [2.05, 4.69) is 14.6 Å². The zero-order chi connectivity index (χ0) is 23.6. The number of benzene rings is 2. The highest BCUT2D eigenvalue weighted by molar-refractivity contribution is 7.93. The van der Waals surface area contributed by atoms with E-state index >= 15 is 0 Å². The van der Waals surface area contributed by atoms with Gasteiger partial charge in [-0.15, -0.1) is 0 Å². The van der Waals surface area contributed by atoms with E-state index in [0.29, 0.717) is 41.8 Å². The van der Waals surface area contributed by atoms with Gasteiger partial charge in [0, 0.05) is 31.2 Å². The average molecular weight is 507 g/mol. The number of amides is 1. The van der Waals surface area contributed by atoms with Crippen molar-refractivity contribution in [2.75, 3.05) is 42.9 Å². The minimum absolute atomic E-state index is 0.0695. The van der Waals surface area contributed by atoms with Crippen molar-refractivity contribution in [2.45, 2.75) is 11.8 Å². The number of carbonyl (C=O) groups excluding carboxylic acids is 1. The first-order valence-corrected chi connectivity index (χ1v) is 12.9. The third-order valence-electron chi connectivity index (χ3n) is 5.33. The highest BCUT2D eigenvalue weighted by atomic mass is 35.5. The molecule has 0 aliphatic carbocycles. The van der Waals surface area contributed by atoms with Crippen LogP contribution in [0.4, 0.5) is 10.8 Å². The van der Waals surface area contributed by atoms with Crippen molar-refractivity contribution in [3.63, 3.8) is 0 Å². The van der Waals surface area contributed by atoms with E-state index in [4.69, 9.17) is 16.3 Å². The molecule has 11 heteroatoms. The molecule has 174 valence electrons. The van der Waals surface area contributed by atoms with Crippen LogP contribution in [0.5, 0.6) is 5.75 Å². The van der Waals surface area contributed by atoms with Crippen LogP contribution in [0.1, 0.15) is 15.4 Å². The van der Waals surface area contributed by atoms with Gasteiger partial charge in [0.25, 0.3) is 15.9 Å². The number of aromatic nitrogens is 1. The lowest BCUT2D eigenvalue weighted by molar-refractivity contribution is 0.0750. The first-order valence-electron chi connectivity index (χ1n) is 10.2. The summed E-state index contributed by atoms with van der Waals surface area (Å²) in [5.74, 6) is 0.648. The molecule has 0 unspecified atom stereocenters. The Morgan fingerprint density at radius 1 is 1.09 bits per heavy atom. The molecule has 0 saturated carbocycles. The molecule has 0 spiro atoms. The Hall–Kier alpha value is -2.82. The summed E-state index contributed by atoms with van der Waals surface area (Å²) in [6.45, 7) is 4.12. The molecule has 8 nitrogen and oxygen atoms in total. The average Bonchev–Trinajstić information content (AvgIpc) is 3.18. The first-order chi connectivity index (χ1) is 15.8. The number of anilines is 2. The molecular formula is C22H23ClN4O4S2. The predicted octanol–water partition coefficient (Wildman–Crippen LogP) is 3.88. The van der Waals surface area contributed by atoms with Gasteiger partial charge in [0.2, 0.25) is 0 Å². The van der Waals surface area contributed by atoms with Crippen molar-refractivity contribution < 1.29 is 17.9 Å². The second-order valence-corrected chi connectivity index (χ2v) is 10.6. The number of carbonyl (C=O) groups is 1. The van der Waals surface area contributed by atoms with Gasteiger partial charge in [-0.3, -0.25) is 9.52 Å². The molecule has 0 bridgehead atoms. The number of hydrogen-bond acceptors (Lipinski definition) is 7. The molecule has 4 rings (SSSR count). The molecule has 1 aliphatic heterocycles. The minimum atomic E-state index is -3.83. The molecule has 1 N–H and O–H groups in total. The monoisotopic (exact) mass is 506 g/mol. The van der Waals surface area contributed by atoms with Crippen LogP contribution in [-0.2, 0) is 10.0 Å². The van der Waals surface area contributed by atoms with Crippen LogP contribution in [0, 0.1) is 6.92 Å². The summed E-state index contributed by atoms with van der Waals surface area (Å²) in [5, 5.41) is 0.594. The summed E-state index contributed by atoms with van der Waals surface area (Å²) in [7, 11) is -2.19. The number of methoxy groups -OCH3 is 1. The number of hydrogen-bond donors (Lipinski definition) is 1. The molecule has 0 radical (unpaired) electrons. The molecular weight excluding hydrogens is 484 g/mol. The van der Waals surface area contributed by atoms with Crippen LogP contribution < -0.4 is 14.4 Å². The molecule has 2 heterocycles. The third-order valence-corrected chi connectivity index (χ3v) is 8.13. The van der Waals surface area contributed by atoms with Crippen molar-refractivity contribution in [3.05, 3.63) is 64.1 Å². The Balaban J connectivity index is 1.44. The summed E-state index contributed by atoms with van der Waals surface area (Å²) < 4.78 is 33.2. The van der Waals surface area contributed by atoms with Crippen LogP contribution in [0.15, 0.2) is 53.4 Å². The molecule has 1 amide bonds. The molecule has 2 aromatic carbocycles. The first kappa shape index (κ1) is 23.3. The second kappa shape index (κ2) is 9.58. The summed E-state index contributed by atoms with van der Waals surface area (Å²) in [4.78, 5) is 21.9. The molecule has 33 heavy (non-hydrogen) atoms. The van der Waals surface area contributed by atoms with Crippen molar-refractivity contribution in [1.82, 2.24) is 9.88 Å². The fourth-order valence-electron chi connectivity index (χ4n) is 3.61. The van der Waals surface area contributed by atoms with E-state index in [-0.39, 0.29) is 15.9 Å². The normalized spacial score (nSPS) is 14.3. The number of nitrogens with zero attached hydrogens (tertiary/aromatic N) is 3. The Labute approximate surface area is 201 Å². The van der Waals surface area contributed by atoms with Crippen molar-refractivity contribution >= 4 is 49.7 Å². The number of rotatable bonds is 6. The lowest BCUT2D eigenvalue weighted by atomic mass is 10.2. The number of halogens is 1. The Kier molecular flexibility index (Phi) is 6.78. The minimum Gasteiger partial charge on any atom is -0.495 e. The SMILES string of the molecule is COc1ccccc1N1CCN(C(=O)c2sc(NS(=O)(=O)c3ccc(Cl)cc3)nc2C)CC1. The maximum atomic E-state index is 13.1. The van der Waals surface area contributed by atoms with E-state index in [1.54, 1.807) is 18.9 Å². The van der Waals surface area contributed by atoms with Gasteiger partial charge in [-0.2, -0.15) is 0 Å². The Morgan fingerprint density at radius 3 is 2.42 bits per heavy atom. The number of para-hydroxylation sites is 2. The standard InChI is InChI=1S/C22H23ClN4O4S2/c1-15-20(32-22(24-15)25-33(29,30)17-9-7-16(23)8-10-17)21(28)27-13-11-26(12-14-27)18-5-3-4-6-19(18)31-2/h3-10H,11-14H2,1-2H3,(H,24,25). The molecule has 1 fully saturated rings. The zero-order valence-electron chi connectivity index (χ0n) is 18.1. The van der Waals surface area contributed by atoms with E-state index in [9.17, 15) is 13.2 Å². The van der Waals surface area contributed by atoms with Crippen molar-refractivity contribution in [2.24, 2.45) is 0 Å². The quantitative estimate of drug-likeness (QED) is 0.545. The second-order valence-electron chi connectivity index (χ2n) is 7.44. The lowest BCUT2D eigenvalue weighted by Gasteiger charge is -2.36. The van der Waals surface area contributed by atoms with Crippen LogP contribution in [-0.4, -0.2) is 57.5 Å². The third kappa shape index (κ3) is 5.07. The number of piperazine rings is 1. The van der Waals surface area contributed by atoms with E-state index in [1.165, 1.54) is 24.3 Å². The van der Waals surface area contributed by atoms with E-state index in [0.717, 1.165) is 22.8 Å². The van der Waals surface area contributed by atoms with Crippen molar-refractivity contribution in [1.29, 1.82) is 0 Å². The number of sulfonamides is 1. The molecule has 3 aromatic rings. The fraction of sp³-hybridized carbons (Fsp3) is 0.273. The van der Waals surface area contributed by atoms with Gasteiger partial charge in [-0.1, -0.05) is 35.1 Å². The van der Waals surface area contributed by atoms with Gasteiger partial charge in [0.1, 0.15) is 10.6 Å². The predicted molar refractivity (Wildman–Crippen MR) is 130 cm³/mol. The highest BCUT2D eigenvalue weighted by Crippen LogP contribution is 2.30. The van der Waals surface area contributed by atoms with E-state index in [1.807, 2.05) is 24.3 Å². The van der Waals surface area contributed by atoms with Gasteiger partial charge >= 0.3 is 0 Å². The Bertz CT molecular complexity index is 1250. The molecule has 1 saturated heterocycles. The summed E-state index contributed by atoms with van der Waals surface area (Å²) in [5.41, 5.74) is 1.49. The summed E-state index contributed by atoms with van der Waals surface area (Å²) in [6, 6.07) is 13.6. The van der Waals surface area contributed by atoms with E-state index < -0.39 is 10.0 Å². The van der Waals surface area contributed by atoms with Gasteiger partial charge in [-0.25, -0.2) is 13.4 Å². The number of nitrogens with one attached hydrogen (secondary N) is 1. The molecule has 1 aliphatic rings. The number of thiazole rings is 1. The van der Waals surface area contributed by atoms with Crippen LogP contribution in [0.3, 0.4) is 0 Å². The fourth-order valence-corrected chi connectivity index (χ4v) is 5.91.